The summed E-state index contributed by atoms with van der Waals surface area (Å²) in [5.74, 6) is -0.216. The molecule has 0 saturated carbocycles. The monoisotopic (exact) mass is 526 g/mol. The van der Waals surface area contributed by atoms with E-state index in [1.165, 1.54) is 46.8 Å². The number of nitrogens with one attached hydrogen (secondary N) is 1. The molecule has 3 rings (SSSR count). The Morgan fingerprint density at radius 1 is 1.11 bits per heavy atom. The highest BCUT2D eigenvalue weighted by Gasteiger charge is 2.27. The van der Waals surface area contributed by atoms with E-state index in [0.29, 0.717) is 18.8 Å². The maximum atomic E-state index is 12.6. The maximum Gasteiger partial charge on any atom is 0.271 e. The second-order valence-electron chi connectivity index (χ2n) is 7.83. The first-order valence-electron chi connectivity index (χ1n) is 10.7. The molecule has 0 unspecified atom stereocenters. The number of amides is 1. The van der Waals surface area contributed by atoms with E-state index in [0.717, 1.165) is 29.5 Å². The summed E-state index contributed by atoms with van der Waals surface area (Å²) < 4.78 is 57.1. The Balaban J connectivity index is 1.52. The second-order valence-corrected chi connectivity index (χ2v) is 11.7. The number of nitro groups is 1. The molecule has 0 atom stereocenters. The summed E-state index contributed by atoms with van der Waals surface area (Å²) in [5, 5.41) is 13.5. The highest BCUT2D eigenvalue weighted by Crippen LogP contribution is 2.24. The van der Waals surface area contributed by atoms with Gasteiger partial charge in [0.25, 0.3) is 5.69 Å². The Kier molecular flexibility index (Phi) is 8.30. The summed E-state index contributed by atoms with van der Waals surface area (Å²) in [6.07, 6.45) is 2.59. The quantitative estimate of drug-likeness (QED) is 0.261. The molecule has 1 aliphatic heterocycles. The molecule has 1 saturated heterocycles. The minimum atomic E-state index is -3.89. The van der Waals surface area contributed by atoms with Crippen LogP contribution in [-0.2, 0) is 24.8 Å². The number of benzene rings is 2. The summed E-state index contributed by atoms with van der Waals surface area (Å²) in [7, 11) is -7.40. The lowest BCUT2D eigenvalue weighted by Gasteiger charge is -2.21. The minimum absolute atomic E-state index is 0.00271. The van der Waals surface area contributed by atoms with E-state index in [1.54, 1.807) is 0 Å². The van der Waals surface area contributed by atoms with Gasteiger partial charge in [-0.25, -0.2) is 16.8 Å². The molecule has 0 radical (unpaired) electrons. The largest absolute Gasteiger partial charge is 0.492 e. The second kappa shape index (κ2) is 11.0. The van der Waals surface area contributed by atoms with E-state index in [1.807, 2.05) is 0 Å². The van der Waals surface area contributed by atoms with Gasteiger partial charge in [0.05, 0.1) is 28.3 Å². The molecule has 1 fully saturated rings. The number of hydrogen-bond donors (Lipinski definition) is 1. The van der Waals surface area contributed by atoms with Gasteiger partial charge in [-0.3, -0.25) is 19.2 Å². The molecule has 12 nitrogen and oxygen atoms in total. The van der Waals surface area contributed by atoms with Crippen molar-refractivity contribution >= 4 is 37.3 Å². The number of carbonyl (C=O) groups is 1. The molecule has 0 aliphatic carbocycles. The lowest BCUT2D eigenvalue weighted by atomic mass is 10.3. The highest BCUT2D eigenvalue weighted by molar-refractivity contribution is 7.92. The van der Waals surface area contributed by atoms with Crippen LogP contribution < -0.4 is 14.4 Å². The third-order valence-corrected chi connectivity index (χ3v) is 8.29. The number of ether oxygens (including phenoxy) is 1. The fraction of sp³-hybridized carbons (Fsp3) is 0.381. The van der Waals surface area contributed by atoms with Gasteiger partial charge in [0, 0.05) is 25.2 Å². The Hall–Kier alpha value is -3.23. The van der Waals surface area contributed by atoms with Crippen LogP contribution in [0.2, 0.25) is 0 Å². The number of sulfonamides is 2. The van der Waals surface area contributed by atoms with Gasteiger partial charge in [-0.15, -0.1) is 0 Å². The first-order chi connectivity index (χ1) is 16.5. The maximum absolute atomic E-state index is 12.6. The van der Waals surface area contributed by atoms with Gasteiger partial charge in [0.1, 0.15) is 18.9 Å². The Labute approximate surface area is 203 Å². The van der Waals surface area contributed by atoms with Crippen molar-refractivity contribution in [1.82, 2.24) is 9.62 Å². The predicted octanol–water partition coefficient (Wildman–Crippen LogP) is 1.34. The summed E-state index contributed by atoms with van der Waals surface area (Å²) in [6, 6.07) is 11.0. The lowest BCUT2D eigenvalue weighted by Crippen LogP contribution is -2.41. The average Bonchev–Trinajstić information content (AvgIpc) is 3.36. The van der Waals surface area contributed by atoms with Crippen molar-refractivity contribution in [1.29, 1.82) is 0 Å². The van der Waals surface area contributed by atoms with Crippen molar-refractivity contribution in [3.8, 4) is 5.75 Å². The number of carbonyl (C=O) groups excluding carboxylic acids is 1. The van der Waals surface area contributed by atoms with Gasteiger partial charge in [-0.05, 0) is 43.2 Å². The van der Waals surface area contributed by atoms with E-state index >= 15 is 0 Å². The number of nitro benzene ring substituents is 1. The standard InChI is InChI=1S/C21H26N4O8S2/c1-34(29,30)24(17-5-4-6-18(15-17)25(27)28)16-21(26)22-11-14-33-19-7-9-20(10-8-19)35(31,32)23-12-2-3-13-23/h4-10,15H,2-3,11-14,16H2,1H3,(H,22,26). The summed E-state index contributed by atoms with van der Waals surface area (Å²) in [4.78, 5) is 22.8. The van der Waals surface area contributed by atoms with Gasteiger partial charge in [-0.1, -0.05) is 6.07 Å². The van der Waals surface area contributed by atoms with E-state index in [-0.39, 0.29) is 29.4 Å². The molecule has 1 aliphatic rings. The third kappa shape index (κ3) is 6.90. The molecular weight excluding hydrogens is 500 g/mol. The molecule has 1 N–H and O–H groups in total. The highest BCUT2D eigenvalue weighted by atomic mass is 32.2. The fourth-order valence-electron chi connectivity index (χ4n) is 3.49. The van der Waals surface area contributed by atoms with E-state index in [2.05, 4.69) is 5.32 Å². The van der Waals surface area contributed by atoms with Crippen molar-refractivity contribution in [2.45, 2.75) is 17.7 Å². The van der Waals surface area contributed by atoms with E-state index < -0.39 is 37.4 Å². The smallest absolute Gasteiger partial charge is 0.271 e. The van der Waals surface area contributed by atoms with Crippen LogP contribution in [0.15, 0.2) is 53.4 Å². The van der Waals surface area contributed by atoms with Crippen LogP contribution in [0.1, 0.15) is 12.8 Å². The van der Waals surface area contributed by atoms with Gasteiger partial charge in [0.15, 0.2) is 0 Å². The van der Waals surface area contributed by atoms with Crippen LogP contribution in [0.4, 0.5) is 11.4 Å². The molecule has 0 bridgehead atoms. The number of hydrogen-bond acceptors (Lipinski definition) is 8. The average molecular weight is 527 g/mol. The summed E-state index contributed by atoms with van der Waals surface area (Å²) in [5.41, 5.74) is -0.304. The number of anilines is 1. The lowest BCUT2D eigenvalue weighted by molar-refractivity contribution is -0.384. The van der Waals surface area contributed by atoms with Crippen molar-refractivity contribution in [3.63, 3.8) is 0 Å². The molecule has 0 aromatic heterocycles. The van der Waals surface area contributed by atoms with Crippen molar-refractivity contribution < 1.29 is 31.3 Å². The topological polar surface area (TPSA) is 156 Å². The fourth-order valence-corrected chi connectivity index (χ4v) is 5.86. The third-order valence-electron chi connectivity index (χ3n) is 5.24. The van der Waals surface area contributed by atoms with Gasteiger partial charge in [0.2, 0.25) is 26.0 Å². The molecule has 2 aromatic rings. The van der Waals surface area contributed by atoms with Crippen molar-refractivity contribution in [3.05, 3.63) is 58.6 Å². The van der Waals surface area contributed by atoms with Crippen LogP contribution in [0, 0.1) is 10.1 Å². The molecule has 190 valence electrons. The van der Waals surface area contributed by atoms with Crippen molar-refractivity contribution in [2.75, 3.05) is 43.3 Å². The predicted molar refractivity (Wildman–Crippen MR) is 128 cm³/mol. The number of rotatable bonds is 11. The molecular formula is C21H26N4O8S2. The summed E-state index contributed by atoms with van der Waals surface area (Å²) >= 11 is 0. The Morgan fingerprint density at radius 3 is 2.37 bits per heavy atom. The Morgan fingerprint density at radius 2 is 1.77 bits per heavy atom. The van der Waals surface area contributed by atoms with E-state index in [4.69, 9.17) is 4.74 Å². The summed E-state index contributed by atoms with van der Waals surface area (Å²) in [6.45, 7) is 0.568. The molecule has 14 heteroatoms. The molecule has 2 aromatic carbocycles. The molecule has 1 heterocycles. The van der Waals surface area contributed by atoms with Crippen LogP contribution >= 0.6 is 0 Å². The number of non-ortho nitro benzene ring substituents is 1. The van der Waals surface area contributed by atoms with Crippen LogP contribution in [0.5, 0.6) is 5.75 Å². The Bertz CT molecular complexity index is 1270. The zero-order valence-corrected chi connectivity index (χ0v) is 20.6. The SMILES string of the molecule is CS(=O)(=O)N(CC(=O)NCCOc1ccc(S(=O)(=O)N2CCCC2)cc1)c1cccc([N+](=O)[O-])c1. The van der Waals surface area contributed by atoms with Crippen LogP contribution in [-0.4, -0.2) is 71.0 Å². The molecule has 0 spiro atoms. The van der Waals surface area contributed by atoms with Gasteiger partial charge < -0.3 is 10.1 Å². The molecule has 35 heavy (non-hydrogen) atoms. The first kappa shape index (κ1) is 26.4. The van der Waals surface area contributed by atoms with Gasteiger partial charge in [-0.2, -0.15) is 4.31 Å². The van der Waals surface area contributed by atoms with Crippen LogP contribution in [0.25, 0.3) is 0 Å². The normalized spacial score (nSPS) is 14.4. The number of nitrogens with zero attached hydrogens (tertiary/aromatic N) is 3. The first-order valence-corrected chi connectivity index (χ1v) is 14.0. The van der Waals surface area contributed by atoms with Gasteiger partial charge >= 0.3 is 0 Å². The van der Waals surface area contributed by atoms with Crippen molar-refractivity contribution in [2.24, 2.45) is 0 Å². The van der Waals surface area contributed by atoms with E-state index in [9.17, 15) is 31.7 Å². The zero-order valence-electron chi connectivity index (χ0n) is 19.0. The van der Waals surface area contributed by atoms with Crippen LogP contribution in [0.3, 0.4) is 0 Å². The zero-order chi connectivity index (χ0) is 25.6. The minimum Gasteiger partial charge on any atom is -0.492 e. The molecule has 1 amide bonds.